The minimum atomic E-state index is -4.24. The van der Waals surface area contributed by atoms with E-state index in [0.717, 1.165) is 26.6 Å². The van der Waals surface area contributed by atoms with Gasteiger partial charge in [-0.1, -0.05) is 96.9 Å². The van der Waals surface area contributed by atoms with Crippen LogP contribution in [0.3, 0.4) is 0 Å². The molecule has 0 unspecified atom stereocenters. The first-order valence-corrected chi connectivity index (χ1v) is 17.5. The number of carbonyl (C=O) groups is 2. The van der Waals surface area contributed by atoms with Gasteiger partial charge in [-0.05, 0) is 69.5 Å². The Labute approximate surface area is 279 Å². The van der Waals surface area contributed by atoms with Crippen LogP contribution >= 0.6 is 0 Å². The molecule has 0 radical (unpaired) electrons. The number of rotatable bonds is 15. The summed E-state index contributed by atoms with van der Waals surface area (Å²) in [6.07, 6.45) is 0.966. The number of hydrogen-bond donors (Lipinski definition) is 1. The zero-order chi connectivity index (χ0) is 34.0. The first-order chi connectivity index (χ1) is 22.5. The Hall–Kier alpha value is -4.63. The van der Waals surface area contributed by atoms with Crippen LogP contribution in [-0.4, -0.2) is 50.4 Å². The van der Waals surface area contributed by atoms with Crippen molar-refractivity contribution < 1.29 is 22.7 Å². The fourth-order valence-corrected chi connectivity index (χ4v) is 6.60. The number of anilines is 1. The van der Waals surface area contributed by atoms with E-state index in [2.05, 4.69) is 5.32 Å². The Morgan fingerprint density at radius 2 is 1.38 bits per heavy atom. The number of benzene rings is 4. The van der Waals surface area contributed by atoms with Crippen molar-refractivity contribution >= 4 is 27.5 Å². The highest BCUT2D eigenvalue weighted by atomic mass is 32.2. The van der Waals surface area contributed by atoms with Gasteiger partial charge in [-0.3, -0.25) is 13.9 Å². The highest BCUT2D eigenvalue weighted by molar-refractivity contribution is 7.92. The van der Waals surface area contributed by atoms with Crippen molar-refractivity contribution in [1.82, 2.24) is 10.2 Å². The van der Waals surface area contributed by atoms with Gasteiger partial charge < -0.3 is 15.0 Å². The SMILES string of the molecule is CCOc1ccccc1N(CC(=O)N(Cc1ccc(C)cc1)[C@@H](Cc1ccccc1)C(=O)N[C@H](C)CC)S(=O)(=O)c1ccc(C)cc1. The molecule has 0 aliphatic heterocycles. The Morgan fingerprint density at radius 1 is 0.787 bits per heavy atom. The van der Waals surface area contributed by atoms with Crippen molar-refractivity contribution in [3.05, 3.63) is 125 Å². The monoisotopic (exact) mass is 655 g/mol. The number of para-hydroxylation sites is 2. The molecule has 2 amide bonds. The van der Waals surface area contributed by atoms with Crippen molar-refractivity contribution in [2.75, 3.05) is 17.5 Å². The fourth-order valence-electron chi connectivity index (χ4n) is 5.18. The molecule has 0 fully saturated rings. The molecule has 4 aromatic rings. The molecule has 4 aromatic carbocycles. The molecule has 8 nitrogen and oxygen atoms in total. The van der Waals surface area contributed by atoms with E-state index in [4.69, 9.17) is 4.74 Å². The van der Waals surface area contributed by atoms with Crippen LogP contribution in [0.4, 0.5) is 5.69 Å². The molecule has 0 saturated heterocycles. The van der Waals surface area contributed by atoms with Gasteiger partial charge in [0.2, 0.25) is 11.8 Å². The third kappa shape index (κ3) is 9.23. The zero-order valence-electron chi connectivity index (χ0n) is 27.8. The normalized spacial score (nSPS) is 12.5. The van der Waals surface area contributed by atoms with Gasteiger partial charge in [0.1, 0.15) is 18.3 Å². The second-order valence-corrected chi connectivity index (χ2v) is 13.6. The van der Waals surface area contributed by atoms with Crippen LogP contribution in [0.5, 0.6) is 5.75 Å². The van der Waals surface area contributed by atoms with Crippen LogP contribution in [0.25, 0.3) is 0 Å². The molecule has 0 aromatic heterocycles. The number of hydrogen-bond acceptors (Lipinski definition) is 5. The van der Waals surface area contributed by atoms with Crippen molar-refractivity contribution in [1.29, 1.82) is 0 Å². The van der Waals surface area contributed by atoms with Crippen molar-refractivity contribution in [2.45, 2.75) is 71.0 Å². The van der Waals surface area contributed by atoms with Crippen LogP contribution in [0.15, 0.2) is 108 Å². The quantitative estimate of drug-likeness (QED) is 0.159. The van der Waals surface area contributed by atoms with Gasteiger partial charge in [0, 0.05) is 19.0 Å². The van der Waals surface area contributed by atoms with Gasteiger partial charge in [0.05, 0.1) is 17.2 Å². The third-order valence-electron chi connectivity index (χ3n) is 8.07. The molecule has 47 heavy (non-hydrogen) atoms. The lowest BCUT2D eigenvalue weighted by Gasteiger charge is -2.34. The molecule has 0 saturated carbocycles. The largest absolute Gasteiger partial charge is 0.492 e. The number of nitrogens with zero attached hydrogens (tertiary/aromatic N) is 2. The standard InChI is InChI=1S/C38H45N3O5S/c1-6-30(5)39-38(43)35(25-31-13-9-8-10-14-31)40(26-32-21-17-28(3)18-22-32)37(42)27-41(34-15-11-12-16-36(34)46-7-2)47(44,45)33-23-19-29(4)20-24-33/h8-24,30,35H,6-7,25-27H2,1-5H3,(H,39,43)/t30-,35+/m1/s1. The number of sulfonamides is 1. The Kier molecular flexibility index (Phi) is 12.2. The topological polar surface area (TPSA) is 96.0 Å². The highest BCUT2D eigenvalue weighted by Crippen LogP contribution is 2.33. The molecule has 4 rings (SSSR count). The lowest BCUT2D eigenvalue weighted by atomic mass is 10.0. The van der Waals surface area contributed by atoms with E-state index in [9.17, 15) is 18.0 Å². The first kappa shape index (κ1) is 35.2. The number of aryl methyl sites for hydroxylation is 2. The van der Waals surface area contributed by atoms with Gasteiger partial charge in [0.25, 0.3) is 10.0 Å². The second kappa shape index (κ2) is 16.3. The van der Waals surface area contributed by atoms with Crippen molar-refractivity contribution in [3.63, 3.8) is 0 Å². The average Bonchev–Trinajstić information content (AvgIpc) is 3.07. The Balaban J connectivity index is 1.84. The number of amides is 2. The lowest BCUT2D eigenvalue weighted by molar-refractivity contribution is -0.140. The van der Waals surface area contributed by atoms with Crippen LogP contribution in [0.2, 0.25) is 0 Å². The van der Waals surface area contributed by atoms with E-state index in [-0.39, 0.29) is 35.5 Å². The fraction of sp³-hybridized carbons (Fsp3) is 0.316. The van der Waals surface area contributed by atoms with Crippen molar-refractivity contribution in [2.24, 2.45) is 0 Å². The smallest absolute Gasteiger partial charge is 0.264 e. The van der Waals surface area contributed by atoms with E-state index in [1.807, 2.05) is 89.2 Å². The predicted octanol–water partition coefficient (Wildman–Crippen LogP) is 6.45. The molecule has 248 valence electrons. The molecule has 0 bridgehead atoms. The third-order valence-corrected chi connectivity index (χ3v) is 9.84. The minimum absolute atomic E-state index is 0.0441. The molecule has 0 spiro atoms. The maximum atomic E-state index is 14.7. The Morgan fingerprint density at radius 3 is 2.00 bits per heavy atom. The van der Waals surface area contributed by atoms with E-state index in [0.29, 0.717) is 18.8 Å². The zero-order valence-corrected chi connectivity index (χ0v) is 28.7. The summed E-state index contributed by atoms with van der Waals surface area (Å²) in [6, 6.07) is 29.6. The summed E-state index contributed by atoms with van der Waals surface area (Å²) >= 11 is 0. The maximum Gasteiger partial charge on any atom is 0.264 e. The van der Waals surface area contributed by atoms with Gasteiger partial charge in [-0.25, -0.2) is 8.42 Å². The molecular weight excluding hydrogens is 611 g/mol. The van der Waals surface area contributed by atoms with E-state index >= 15 is 0 Å². The van der Waals surface area contributed by atoms with Gasteiger partial charge >= 0.3 is 0 Å². The number of carbonyl (C=O) groups excluding carboxylic acids is 2. The molecule has 0 heterocycles. The summed E-state index contributed by atoms with van der Waals surface area (Å²) in [6.45, 7) is 9.44. The van der Waals surface area contributed by atoms with Crippen LogP contribution in [0, 0.1) is 13.8 Å². The lowest BCUT2D eigenvalue weighted by Crippen LogP contribution is -2.54. The summed E-state index contributed by atoms with van der Waals surface area (Å²) in [7, 11) is -4.24. The molecular formula is C38H45N3O5S. The number of ether oxygens (including phenoxy) is 1. The van der Waals surface area contributed by atoms with E-state index < -0.39 is 28.5 Å². The first-order valence-electron chi connectivity index (χ1n) is 16.0. The van der Waals surface area contributed by atoms with Gasteiger partial charge in [-0.2, -0.15) is 0 Å². The summed E-state index contributed by atoms with van der Waals surface area (Å²) < 4.78 is 35.6. The summed E-state index contributed by atoms with van der Waals surface area (Å²) in [5.41, 5.74) is 3.90. The van der Waals surface area contributed by atoms with Gasteiger partial charge in [-0.15, -0.1) is 0 Å². The summed E-state index contributed by atoms with van der Waals surface area (Å²) in [4.78, 5) is 30.2. The summed E-state index contributed by atoms with van der Waals surface area (Å²) in [5, 5.41) is 3.07. The van der Waals surface area contributed by atoms with Gasteiger partial charge in [0.15, 0.2) is 0 Å². The molecule has 0 aliphatic carbocycles. The van der Waals surface area contributed by atoms with Crippen molar-refractivity contribution in [3.8, 4) is 5.75 Å². The molecule has 0 aliphatic rings. The number of nitrogens with one attached hydrogen (secondary N) is 1. The summed E-state index contributed by atoms with van der Waals surface area (Å²) in [5.74, 6) is -0.488. The van der Waals surface area contributed by atoms with Crippen LogP contribution in [0.1, 0.15) is 49.4 Å². The molecule has 9 heteroatoms. The van der Waals surface area contributed by atoms with Crippen LogP contribution < -0.4 is 14.4 Å². The predicted molar refractivity (Wildman–Crippen MR) is 187 cm³/mol. The van der Waals surface area contributed by atoms with E-state index in [1.165, 1.54) is 17.0 Å². The highest BCUT2D eigenvalue weighted by Gasteiger charge is 2.35. The average molecular weight is 656 g/mol. The Bertz CT molecular complexity index is 1730. The molecule has 1 N–H and O–H groups in total. The van der Waals surface area contributed by atoms with E-state index in [1.54, 1.807) is 36.4 Å². The maximum absolute atomic E-state index is 14.7. The van der Waals surface area contributed by atoms with Crippen LogP contribution in [-0.2, 0) is 32.6 Å². The minimum Gasteiger partial charge on any atom is -0.492 e. The second-order valence-electron chi connectivity index (χ2n) is 11.8. The molecule has 2 atom stereocenters.